The van der Waals surface area contributed by atoms with Crippen molar-refractivity contribution < 1.29 is 0 Å². The fraction of sp³-hybridized carbons (Fsp3) is 0.500. The second-order valence-corrected chi connectivity index (χ2v) is 5.86. The minimum absolute atomic E-state index is 1.03. The van der Waals surface area contributed by atoms with Crippen molar-refractivity contribution >= 4 is 0 Å². The third kappa shape index (κ3) is 11.8. The zero-order valence-corrected chi connectivity index (χ0v) is 14.0. The summed E-state index contributed by atoms with van der Waals surface area (Å²) in [5, 5.41) is 0. The molecule has 0 aromatic heterocycles. The van der Waals surface area contributed by atoms with Gasteiger partial charge in [-0.3, -0.25) is 0 Å². The Morgan fingerprint density at radius 2 is 1.20 bits per heavy atom. The predicted molar refractivity (Wildman–Crippen MR) is 94.0 cm³/mol. The molecule has 0 bridgehead atoms. The van der Waals surface area contributed by atoms with E-state index in [4.69, 9.17) is 0 Å². The number of rotatable bonds is 10. The SMILES string of the molecule is C=CC(=C)CC/C=C(/C)CC/C=C(/C)CCC=C(C)C. The van der Waals surface area contributed by atoms with E-state index in [2.05, 4.69) is 59.1 Å². The molecule has 0 aliphatic heterocycles. The fourth-order valence-corrected chi connectivity index (χ4v) is 1.94. The zero-order valence-electron chi connectivity index (χ0n) is 14.0. The van der Waals surface area contributed by atoms with E-state index in [1.165, 1.54) is 36.0 Å². The van der Waals surface area contributed by atoms with Gasteiger partial charge in [0.05, 0.1) is 0 Å². The summed E-state index contributed by atoms with van der Waals surface area (Å²) >= 11 is 0. The van der Waals surface area contributed by atoms with Gasteiger partial charge in [0.25, 0.3) is 0 Å². The van der Waals surface area contributed by atoms with E-state index in [9.17, 15) is 0 Å². The smallest absolute Gasteiger partial charge is 0.0250 e. The Morgan fingerprint density at radius 1 is 0.750 bits per heavy atom. The molecule has 0 nitrogen and oxygen atoms in total. The molecule has 0 aromatic rings. The fourth-order valence-electron chi connectivity index (χ4n) is 1.94. The van der Waals surface area contributed by atoms with Crippen LogP contribution < -0.4 is 0 Å². The lowest BCUT2D eigenvalue weighted by atomic mass is 10.0. The molecule has 0 aromatic carbocycles. The summed E-state index contributed by atoms with van der Waals surface area (Å²) < 4.78 is 0. The summed E-state index contributed by atoms with van der Waals surface area (Å²) in [5.41, 5.74) is 5.53. The molecular formula is C20H32. The van der Waals surface area contributed by atoms with Crippen molar-refractivity contribution in [2.75, 3.05) is 0 Å². The molecule has 0 radical (unpaired) electrons. The van der Waals surface area contributed by atoms with Crippen LogP contribution in [0.4, 0.5) is 0 Å². The number of allylic oxidation sites excluding steroid dienone is 8. The molecule has 0 aliphatic carbocycles. The Bertz CT molecular complexity index is 384. The third-order valence-electron chi connectivity index (χ3n) is 3.37. The van der Waals surface area contributed by atoms with Crippen molar-refractivity contribution in [3.63, 3.8) is 0 Å². The average molecular weight is 272 g/mol. The van der Waals surface area contributed by atoms with Gasteiger partial charge in [0.15, 0.2) is 0 Å². The van der Waals surface area contributed by atoms with Gasteiger partial charge in [0.2, 0.25) is 0 Å². The largest absolute Gasteiger partial charge is 0.0988 e. The van der Waals surface area contributed by atoms with Gasteiger partial charge in [-0.25, -0.2) is 0 Å². The van der Waals surface area contributed by atoms with E-state index in [-0.39, 0.29) is 0 Å². The summed E-state index contributed by atoms with van der Waals surface area (Å²) in [5.74, 6) is 0. The zero-order chi connectivity index (χ0) is 15.4. The first-order chi connectivity index (χ1) is 9.45. The highest BCUT2D eigenvalue weighted by Crippen LogP contribution is 2.13. The Morgan fingerprint density at radius 3 is 1.65 bits per heavy atom. The lowest BCUT2D eigenvalue weighted by Gasteiger charge is -2.02. The van der Waals surface area contributed by atoms with Gasteiger partial charge in [-0.2, -0.15) is 0 Å². The summed E-state index contributed by atoms with van der Waals surface area (Å²) in [7, 11) is 0. The summed E-state index contributed by atoms with van der Waals surface area (Å²) in [4.78, 5) is 0. The van der Waals surface area contributed by atoms with Crippen LogP contribution in [0.5, 0.6) is 0 Å². The molecular weight excluding hydrogens is 240 g/mol. The van der Waals surface area contributed by atoms with Gasteiger partial charge in [-0.15, -0.1) is 0 Å². The highest BCUT2D eigenvalue weighted by Gasteiger charge is 1.92. The molecule has 0 heterocycles. The Kier molecular flexibility index (Phi) is 10.8. The van der Waals surface area contributed by atoms with Crippen molar-refractivity contribution in [1.29, 1.82) is 0 Å². The topological polar surface area (TPSA) is 0 Å². The Balaban J connectivity index is 3.90. The van der Waals surface area contributed by atoms with Gasteiger partial charge in [-0.1, -0.05) is 59.8 Å². The van der Waals surface area contributed by atoms with Gasteiger partial charge < -0.3 is 0 Å². The molecule has 0 N–H and O–H groups in total. The lowest BCUT2D eigenvalue weighted by Crippen LogP contribution is -1.81. The first kappa shape index (κ1) is 18.7. The standard InChI is InChI=1S/C20H32/c1-7-18(4)12-9-14-20(6)16-10-15-19(5)13-8-11-17(2)3/h7,11,14-15H,1,4,8-10,12-13,16H2,2-3,5-6H3/b19-15-,20-14-. The van der Waals surface area contributed by atoms with Crippen LogP contribution in [0.3, 0.4) is 0 Å². The Labute approximate surface area is 126 Å². The summed E-state index contributed by atoms with van der Waals surface area (Å²) in [6.07, 6.45) is 15.7. The first-order valence-electron chi connectivity index (χ1n) is 7.70. The molecule has 0 amide bonds. The van der Waals surface area contributed by atoms with Gasteiger partial charge >= 0.3 is 0 Å². The molecule has 0 spiro atoms. The van der Waals surface area contributed by atoms with E-state index in [1.54, 1.807) is 0 Å². The van der Waals surface area contributed by atoms with Crippen LogP contribution in [-0.4, -0.2) is 0 Å². The molecule has 0 saturated carbocycles. The van der Waals surface area contributed by atoms with Crippen molar-refractivity contribution in [2.45, 2.75) is 66.2 Å². The molecule has 0 fully saturated rings. The monoisotopic (exact) mass is 272 g/mol. The average Bonchev–Trinajstić information content (AvgIpc) is 2.38. The summed E-state index contributed by atoms with van der Waals surface area (Å²) in [6, 6.07) is 0. The second-order valence-electron chi connectivity index (χ2n) is 5.86. The molecule has 0 unspecified atom stereocenters. The molecule has 0 rings (SSSR count). The van der Waals surface area contributed by atoms with Gasteiger partial charge in [-0.05, 0) is 66.2 Å². The minimum Gasteiger partial charge on any atom is -0.0988 e. The van der Waals surface area contributed by atoms with Crippen LogP contribution in [-0.2, 0) is 0 Å². The first-order valence-corrected chi connectivity index (χ1v) is 7.70. The van der Waals surface area contributed by atoms with Crippen LogP contribution in [0.1, 0.15) is 66.2 Å². The molecule has 0 heteroatoms. The van der Waals surface area contributed by atoms with Crippen molar-refractivity contribution in [2.24, 2.45) is 0 Å². The van der Waals surface area contributed by atoms with E-state index in [1.807, 2.05) is 6.08 Å². The minimum atomic E-state index is 1.03. The predicted octanol–water partition coefficient (Wildman–Crippen LogP) is 6.93. The van der Waals surface area contributed by atoms with Gasteiger partial charge in [0.1, 0.15) is 0 Å². The quantitative estimate of drug-likeness (QED) is 0.299. The van der Waals surface area contributed by atoms with Crippen molar-refractivity contribution in [3.05, 3.63) is 59.8 Å². The Hall–Kier alpha value is -1.30. The van der Waals surface area contributed by atoms with E-state index in [0.29, 0.717) is 0 Å². The van der Waals surface area contributed by atoms with E-state index in [0.717, 1.165) is 24.8 Å². The van der Waals surface area contributed by atoms with E-state index >= 15 is 0 Å². The van der Waals surface area contributed by atoms with Crippen LogP contribution in [0.25, 0.3) is 0 Å². The normalized spacial score (nSPS) is 12.2. The van der Waals surface area contributed by atoms with Crippen LogP contribution >= 0.6 is 0 Å². The molecule has 20 heavy (non-hydrogen) atoms. The van der Waals surface area contributed by atoms with Crippen LogP contribution in [0.2, 0.25) is 0 Å². The van der Waals surface area contributed by atoms with E-state index < -0.39 is 0 Å². The van der Waals surface area contributed by atoms with Crippen LogP contribution in [0, 0.1) is 0 Å². The molecule has 0 saturated heterocycles. The summed E-state index contributed by atoms with van der Waals surface area (Å²) in [6.45, 7) is 16.5. The maximum absolute atomic E-state index is 3.93. The van der Waals surface area contributed by atoms with Gasteiger partial charge in [0, 0.05) is 0 Å². The highest BCUT2D eigenvalue weighted by molar-refractivity contribution is 5.12. The third-order valence-corrected chi connectivity index (χ3v) is 3.37. The lowest BCUT2D eigenvalue weighted by molar-refractivity contribution is 0.904. The van der Waals surface area contributed by atoms with Crippen LogP contribution in [0.15, 0.2) is 59.8 Å². The molecule has 112 valence electrons. The van der Waals surface area contributed by atoms with Crippen molar-refractivity contribution in [1.82, 2.24) is 0 Å². The molecule has 0 atom stereocenters. The maximum atomic E-state index is 3.93. The highest BCUT2D eigenvalue weighted by atomic mass is 14.0. The second kappa shape index (κ2) is 11.5. The maximum Gasteiger partial charge on any atom is -0.0250 e. The molecule has 0 aliphatic rings. The number of hydrogen-bond acceptors (Lipinski definition) is 0. The number of hydrogen-bond donors (Lipinski definition) is 0. The van der Waals surface area contributed by atoms with Crippen molar-refractivity contribution in [3.8, 4) is 0 Å².